The van der Waals surface area contributed by atoms with Crippen molar-refractivity contribution in [3.05, 3.63) is 60.2 Å². The fourth-order valence-corrected chi connectivity index (χ4v) is 3.47. The minimum Gasteiger partial charge on any atom is -0.326 e. The first kappa shape index (κ1) is 21.9. The maximum atomic E-state index is 12.3. The molecule has 5 nitrogen and oxygen atoms in total. The van der Waals surface area contributed by atoms with E-state index in [-0.39, 0.29) is 24.2 Å². The van der Waals surface area contributed by atoms with Crippen LogP contribution in [0.3, 0.4) is 0 Å². The van der Waals surface area contributed by atoms with Gasteiger partial charge in [-0.3, -0.25) is 9.59 Å². The molecular weight excluding hydrogens is 374 g/mol. The Morgan fingerprint density at radius 1 is 1.04 bits per heavy atom. The van der Waals surface area contributed by atoms with Crippen LogP contribution >= 0.6 is 12.4 Å². The molecule has 2 aromatic rings. The second kappa shape index (κ2) is 10.8. The highest BCUT2D eigenvalue weighted by atomic mass is 35.5. The van der Waals surface area contributed by atoms with Crippen molar-refractivity contribution in [2.24, 2.45) is 11.8 Å². The molecule has 2 unspecified atom stereocenters. The van der Waals surface area contributed by atoms with Crippen molar-refractivity contribution in [3.8, 4) is 0 Å². The second-order valence-corrected chi connectivity index (χ2v) is 7.23. The van der Waals surface area contributed by atoms with E-state index in [0.717, 1.165) is 18.8 Å². The minimum absolute atomic E-state index is 0. The average Bonchev–Trinajstić information content (AvgIpc) is 2.70. The number of hydrogen-bond donors (Lipinski definition) is 3. The van der Waals surface area contributed by atoms with Gasteiger partial charge in [-0.25, -0.2) is 0 Å². The molecular formula is C22H28ClN3O2. The smallest absolute Gasteiger partial charge is 0.255 e. The van der Waals surface area contributed by atoms with Crippen LogP contribution in [0.25, 0.3) is 0 Å². The number of hydrogen-bond acceptors (Lipinski definition) is 3. The van der Waals surface area contributed by atoms with Gasteiger partial charge in [-0.05, 0) is 74.2 Å². The summed E-state index contributed by atoms with van der Waals surface area (Å²) in [7, 11) is 0. The lowest BCUT2D eigenvalue weighted by Gasteiger charge is -2.28. The Morgan fingerprint density at radius 2 is 1.71 bits per heavy atom. The first-order valence-corrected chi connectivity index (χ1v) is 9.59. The molecule has 1 aliphatic rings. The minimum atomic E-state index is -0.169. The number of para-hydroxylation sites is 1. The number of carbonyl (C=O) groups is 2. The Hall–Kier alpha value is -2.37. The van der Waals surface area contributed by atoms with Crippen molar-refractivity contribution in [1.29, 1.82) is 0 Å². The third kappa shape index (κ3) is 6.36. The molecule has 1 fully saturated rings. The lowest BCUT2D eigenvalue weighted by molar-refractivity contribution is -0.117. The van der Waals surface area contributed by atoms with Crippen LogP contribution < -0.4 is 16.0 Å². The van der Waals surface area contributed by atoms with Crippen LogP contribution in [0.5, 0.6) is 0 Å². The molecule has 6 heteroatoms. The molecule has 28 heavy (non-hydrogen) atoms. The van der Waals surface area contributed by atoms with Crippen LogP contribution in [0.15, 0.2) is 54.6 Å². The Labute approximate surface area is 172 Å². The molecule has 1 saturated heterocycles. The quantitative estimate of drug-likeness (QED) is 0.674. The molecule has 0 radical (unpaired) electrons. The summed E-state index contributed by atoms with van der Waals surface area (Å²) in [4.78, 5) is 24.6. The Morgan fingerprint density at radius 3 is 2.36 bits per heavy atom. The predicted molar refractivity (Wildman–Crippen MR) is 116 cm³/mol. The van der Waals surface area contributed by atoms with Gasteiger partial charge in [0.25, 0.3) is 5.91 Å². The van der Waals surface area contributed by atoms with Gasteiger partial charge in [0, 0.05) is 23.4 Å². The molecule has 2 amide bonds. The third-order valence-corrected chi connectivity index (χ3v) is 5.11. The number of benzene rings is 2. The monoisotopic (exact) mass is 401 g/mol. The van der Waals surface area contributed by atoms with Crippen LogP contribution in [0.1, 0.15) is 36.5 Å². The van der Waals surface area contributed by atoms with Gasteiger partial charge in [0.15, 0.2) is 0 Å². The predicted octanol–water partition coefficient (Wildman–Crippen LogP) is 4.33. The van der Waals surface area contributed by atoms with Crippen molar-refractivity contribution in [2.75, 3.05) is 23.7 Å². The molecule has 1 heterocycles. The highest BCUT2D eigenvalue weighted by Crippen LogP contribution is 2.23. The number of nitrogens with one attached hydrogen (secondary N) is 3. The second-order valence-electron chi connectivity index (χ2n) is 7.23. The van der Waals surface area contributed by atoms with Gasteiger partial charge in [-0.15, -0.1) is 12.4 Å². The van der Waals surface area contributed by atoms with E-state index in [0.29, 0.717) is 29.5 Å². The molecule has 150 valence electrons. The Kier molecular flexibility index (Phi) is 8.48. The summed E-state index contributed by atoms with van der Waals surface area (Å²) < 4.78 is 0. The first-order valence-electron chi connectivity index (χ1n) is 9.59. The van der Waals surface area contributed by atoms with Gasteiger partial charge in [0.1, 0.15) is 0 Å². The van der Waals surface area contributed by atoms with Crippen LogP contribution in [0, 0.1) is 11.8 Å². The van der Waals surface area contributed by atoms with E-state index >= 15 is 0 Å². The Bertz CT molecular complexity index is 759. The van der Waals surface area contributed by atoms with E-state index in [1.54, 1.807) is 24.3 Å². The highest BCUT2D eigenvalue weighted by Gasteiger charge is 2.22. The van der Waals surface area contributed by atoms with Crippen LogP contribution in [-0.4, -0.2) is 24.9 Å². The van der Waals surface area contributed by atoms with Gasteiger partial charge in [-0.2, -0.15) is 0 Å². The molecule has 1 aliphatic heterocycles. The zero-order chi connectivity index (χ0) is 19.1. The van der Waals surface area contributed by atoms with Crippen molar-refractivity contribution in [3.63, 3.8) is 0 Å². The van der Waals surface area contributed by atoms with E-state index < -0.39 is 0 Å². The van der Waals surface area contributed by atoms with Crippen LogP contribution in [-0.2, 0) is 4.79 Å². The summed E-state index contributed by atoms with van der Waals surface area (Å²) in [5.74, 6) is 0.773. The van der Waals surface area contributed by atoms with E-state index in [4.69, 9.17) is 0 Å². The van der Waals surface area contributed by atoms with Gasteiger partial charge in [0.2, 0.25) is 5.91 Å². The normalized spacial score (nSPS) is 17.1. The fraction of sp³-hybridized carbons (Fsp3) is 0.364. The lowest BCUT2D eigenvalue weighted by atomic mass is 9.85. The molecule has 0 aromatic heterocycles. The number of piperidine rings is 1. The van der Waals surface area contributed by atoms with E-state index in [1.165, 1.54) is 12.8 Å². The van der Waals surface area contributed by atoms with Crippen molar-refractivity contribution in [1.82, 2.24) is 5.32 Å². The van der Waals surface area contributed by atoms with Gasteiger partial charge in [0.05, 0.1) is 0 Å². The van der Waals surface area contributed by atoms with Gasteiger partial charge >= 0.3 is 0 Å². The Balaban J connectivity index is 0.00000280. The molecule has 2 aromatic carbocycles. The summed E-state index contributed by atoms with van der Waals surface area (Å²) in [6, 6.07) is 16.3. The van der Waals surface area contributed by atoms with E-state index in [1.807, 2.05) is 30.3 Å². The molecule has 0 aliphatic carbocycles. The summed E-state index contributed by atoms with van der Waals surface area (Å²) >= 11 is 0. The zero-order valence-corrected chi connectivity index (χ0v) is 16.9. The van der Waals surface area contributed by atoms with Crippen LogP contribution in [0.2, 0.25) is 0 Å². The largest absolute Gasteiger partial charge is 0.326 e. The third-order valence-electron chi connectivity index (χ3n) is 5.11. The van der Waals surface area contributed by atoms with E-state index in [2.05, 4.69) is 22.9 Å². The molecule has 0 saturated carbocycles. The summed E-state index contributed by atoms with van der Waals surface area (Å²) in [5, 5.41) is 9.19. The van der Waals surface area contributed by atoms with Crippen LogP contribution in [0.4, 0.5) is 11.4 Å². The summed E-state index contributed by atoms with van der Waals surface area (Å²) in [6.07, 6.45) is 2.89. The average molecular weight is 402 g/mol. The maximum absolute atomic E-state index is 12.3. The topological polar surface area (TPSA) is 70.2 Å². The number of carbonyl (C=O) groups excluding carboxylic acids is 2. The molecule has 3 rings (SSSR count). The molecule has 3 N–H and O–H groups in total. The number of rotatable bonds is 6. The number of halogens is 1. The first-order chi connectivity index (χ1) is 13.1. The molecule has 0 bridgehead atoms. The molecule has 2 atom stereocenters. The van der Waals surface area contributed by atoms with Crippen molar-refractivity contribution < 1.29 is 9.59 Å². The van der Waals surface area contributed by atoms with Gasteiger partial charge < -0.3 is 16.0 Å². The number of amides is 2. The molecule has 0 spiro atoms. The zero-order valence-electron chi connectivity index (χ0n) is 16.1. The summed E-state index contributed by atoms with van der Waals surface area (Å²) in [6.45, 7) is 4.23. The number of anilines is 2. The maximum Gasteiger partial charge on any atom is 0.255 e. The fourth-order valence-electron chi connectivity index (χ4n) is 3.47. The summed E-state index contributed by atoms with van der Waals surface area (Å²) in [5.41, 5.74) is 2.02. The van der Waals surface area contributed by atoms with Crippen molar-refractivity contribution >= 4 is 35.6 Å². The standard InChI is InChI=1S/C22H27N3O2.ClH/c1-16(18-6-5-13-23-15-18)14-21(26)24-20-11-9-17(10-12-20)22(27)25-19-7-3-2-4-8-19;/h2-4,7-12,16,18,23H,5-6,13-15H2,1H3,(H,24,26)(H,25,27);1H. The lowest BCUT2D eigenvalue weighted by Crippen LogP contribution is -2.34. The highest BCUT2D eigenvalue weighted by molar-refractivity contribution is 6.04. The van der Waals surface area contributed by atoms with Gasteiger partial charge in [-0.1, -0.05) is 25.1 Å². The van der Waals surface area contributed by atoms with E-state index in [9.17, 15) is 9.59 Å². The van der Waals surface area contributed by atoms with Crippen molar-refractivity contribution in [2.45, 2.75) is 26.2 Å². The SMILES string of the molecule is CC(CC(=O)Nc1ccc(C(=O)Nc2ccccc2)cc1)C1CCCNC1.Cl.